The molecule has 72 valence electrons. The molecule has 0 spiro atoms. The van der Waals surface area contributed by atoms with Gasteiger partial charge in [0.2, 0.25) is 5.91 Å². The third kappa shape index (κ3) is 2.54. The lowest BCUT2D eigenvalue weighted by molar-refractivity contribution is -0.118. The van der Waals surface area contributed by atoms with E-state index in [1.54, 1.807) is 0 Å². The Bertz CT molecular complexity index is 310. The zero-order chi connectivity index (χ0) is 10.1. The quantitative estimate of drug-likeness (QED) is 0.702. The van der Waals surface area contributed by atoms with Gasteiger partial charge in [0.25, 0.3) is 0 Å². The van der Waals surface area contributed by atoms with Crippen LogP contribution in [0.5, 0.6) is 0 Å². The second kappa shape index (κ2) is 3.16. The van der Waals surface area contributed by atoms with Gasteiger partial charge >= 0.3 is 0 Å². The molecule has 1 heterocycles. The molecule has 2 N–H and O–H groups in total. The lowest BCUT2D eigenvalue weighted by Gasteiger charge is -2.12. The molecule has 1 aromatic heterocycles. The van der Waals surface area contributed by atoms with Gasteiger partial charge < -0.3 is 5.73 Å². The third-order valence-electron chi connectivity index (χ3n) is 1.53. The van der Waals surface area contributed by atoms with E-state index in [9.17, 15) is 4.79 Å². The van der Waals surface area contributed by atoms with Crippen LogP contribution in [-0.2, 0) is 16.8 Å². The Morgan fingerprint density at radius 1 is 1.62 bits per heavy atom. The van der Waals surface area contributed by atoms with Crippen molar-refractivity contribution >= 4 is 5.91 Å². The molecule has 1 rings (SSSR count). The topological polar surface area (TPSA) is 73.8 Å². The number of hydrogen-bond acceptors (Lipinski definition) is 3. The van der Waals surface area contributed by atoms with Crippen LogP contribution in [0.3, 0.4) is 0 Å². The van der Waals surface area contributed by atoms with Crippen LogP contribution in [0.15, 0.2) is 6.33 Å². The van der Waals surface area contributed by atoms with E-state index in [-0.39, 0.29) is 12.0 Å². The van der Waals surface area contributed by atoms with Crippen LogP contribution in [0.25, 0.3) is 0 Å². The number of primary amides is 1. The number of amides is 1. The first-order valence-corrected chi connectivity index (χ1v) is 4.08. The van der Waals surface area contributed by atoms with E-state index in [0.717, 1.165) is 0 Å². The van der Waals surface area contributed by atoms with Crippen LogP contribution < -0.4 is 5.73 Å². The summed E-state index contributed by atoms with van der Waals surface area (Å²) in [5.41, 5.74) is 4.92. The molecule has 0 radical (unpaired) electrons. The minimum atomic E-state index is -0.412. The molecule has 0 aliphatic rings. The summed E-state index contributed by atoms with van der Waals surface area (Å²) in [7, 11) is 0. The molecule has 13 heavy (non-hydrogen) atoms. The Morgan fingerprint density at radius 2 is 2.23 bits per heavy atom. The molecule has 0 saturated carbocycles. The number of nitrogens with two attached hydrogens (primary N) is 1. The average Bonchev–Trinajstić information content (AvgIpc) is 2.32. The Balaban J connectivity index is 2.81. The number of carbonyl (C=O) groups excluding carboxylic acids is 1. The highest BCUT2D eigenvalue weighted by molar-refractivity contribution is 5.73. The fraction of sp³-hybridized carbons (Fsp3) is 0.625. The van der Waals surface area contributed by atoms with E-state index in [2.05, 4.69) is 10.1 Å². The lowest BCUT2D eigenvalue weighted by Crippen LogP contribution is -2.20. The maximum Gasteiger partial charge on any atom is 0.239 e. The smallest absolute Gasteiger partial charge is 0.239 e. The van der Waals surface area contributed by atoms with Crippen molar-refractivity contribution in [2.24, 2.45) is 5.73 Å². The minimum Gasteiger partial charge on any atom is -0.368 e. The highest BCUT2D eigenvalue weighted by Crippen LogP contribution is 2.16. The van der Waals surface area contributed by atoms with Crippen molar-refractivity contribution < 1.29 is 4.79 Å². The molecule has 0 aliphatic carbocycles. The number of nitrogens with zero attached hydrogens (tertiary/aromatic N) is 3. The summed E-state index contributed by atoms with van der Waals surface area (Å²) >= 11 is 0. The molecule has 5 nitrogen and oxygen atoms in total. The van der Waals surface area contributed by atoms with Crippen molar-refractivity contribution in [2.45, 2.75) is 32.7 Å². The van der Waals surface area contributed by atoms with Crippen LogP contribution in [0, 0.1) is 0 Å². The lowest BCUT2D eigenvalue weighted by atomic mass is 9.96. The Labute approximate surface area is 76.9 Å². The molecule has 0 saturated heterocycles. The van der Waals surface area contributed by atoms with Crippen LogP contribution >= 0.6 is 0 Å². The number of rotatable bonds is 2. The van der Waals surface area contributed by atoms with Gasteiger partial charge in [0.05, 0.1) is 0 Å². The normalized spacial score (nSPS) is 11.6. The van der Waals surface area contributed by atoms with E-state index in [4.69, 9.17) is 5.73 Å². The Morgan fingerprint density at radius 3 is 2.62 bits per heavy atom. The highest BCUT2D eigenvalue weighted by atomic mass is 16.1. The van der Waals surface area contributed by atoms with Gasteiger partial charge in [0, 0.05) is 5.41 Å². The summed E-state index contributed by atoms with van der Waals surface area (Å²) in [6, 6.07) is 0. The van der Waals surface area contributed by atoms with Crippen molar-refractivity contribution in [3.63, 3.8) is 0 Å². The van der Waals surface area contributed by atoms with Gasteiger partial charge in [-0.1, -0.05) is 20.8 Å². The van der Waals surface area contributed by atoms with Crippen molar-refractivity contribution in [2.75, 3.05) is 0 Å². The second-order valence-electron chi connectivity index (χ2n) is 3.98. The van der Waals surface area contributed by atoms with Gasteiger partial charge in [-0.05, 0) is 0 Å². The van der Waals surface area contributed by atoms with E-state index in [1.807, 2.05) is 20.8 Å². The molecule has 0 unspecified atom stereocenters. The van der Waals surface area contributed by atoms with Gasteiger partial charge in [-0.15, -0.1) is 0 Å². The highest BCUT2D eigenvalue weighted by Gasteiger charge is 2.18. The Kier molecular flexibility index (Phi) is 2.36. The second-order valence-corrected chi connectivity index (χ2v) is 3.98. The fourth-order valence-electron chi connectivity index (χ4n) is 0.874. The fourth-order valence-corrected chi connectivity index (χ4v) is 0.874. The molecule has 0 bridgehead atoms. The van der Waals surface area contributed by atoms with Gasteiger partial charge in [-0.2, -0.15) is 5.10 Å². The summed E-state index contributed by atoms with van der Waals surface area (Å²) in [4.78, 5) is 14.6. The standard InChI is InChI=1S/C8H14N4O/c1-8(2,3)7-10-5-12(11-7)4-6(9)13/h5H,4H2,1-3H3,(H2,9,13). The number of hydrogen-bond donors (Lipinski definition) is 1. The van der Waals surface area contributed by atoms with E-state index >= 15 is 0 Å². The first kappa shape index (κ1) is 9.70. The monoisotopic (exact) mass is 182 g/mol. The van der Waals surface area contributed by atoms with Crippen molar-refractivity contribution in [3.05, 3.63) is 12.2 Å². The summed E-state index contributed by atoms with van der Waals surface area (Å²) in [5, 5.41) is 4.13. The molecule has 0 fully saturated rings. The first-order valence-electron chi connectivity index (χ1n) is 4.08. The van der Waals surface area contributed by atoms with Crippen molar-refractivity contribution in [1.29, 1.82) is 0 Å². The SMILES string of the molecule is CC(C)(C)c1ncn(CC(N)=O)n1. The van der Waals surface area contributed by atoms with Crippen LogP contribution in [0.1, 0.15) is 26.6 Å². The first-order chi connectivity index (χ1) is 5.89. The predicted octanol–water partition coefficient (Wildman–Crippen LogP) is 0.0609. The van der Waals surface area contributed by atoms with Gasteiger partial charge in [0.1, 0.15) is 12.9 Å². The van der Waals surface area contributed by atoms with Crippen LogP contribution in [0.2, 0.25) is 0 Å². The van der Waals surface area contributed by atoms with Gasteiger partial charge in [-0.25, -0.2) is 9.67 Å². The summed E-state index contributed by atoms with van der Waals surface area (Å²) in [6.07, 6.45) is 1.52. The van der Waals surface area contributed by atoms with E-state index < -0.39 is 5.91 Å². The molecule has 1 amide bonds. The number of aromatic nitrogens is 3. The molecular weight excluding hydrogens is 168 g/mol. The average molecular weight is 182 g/mol. The third-order valence-corrected chi connectivity index (χ3v) is 1.53. The van der Waals surface area contributed by atoms with E-state index in [0.29, 0.717) is 5.82 Å². The summed E-state index contributed by atoms with van der Waals surface area (Å²) < 4.78 is 1.45. The largest absolute Gasteiger partial charge is 0.368 e. The molecule has 0 atom stereocenters. The molecule has 1 aromatic rings. The molecule has 0 aromatic carbocycles. The molecule has 0 aliphatic heterocycles. The summed E-state index contributed by atoms with van der Waals surface area (Å²) in [6.45, 7) is 6.12. The Hall–Kier alpha value is -1.39. The molecular formula is C8H14N4O. The van der Waals surface area contributed by atoms with E-state index in [1.165, 1.54) is 11.0 Å². The maximum absolute atomic E-state index is 10.6. The zero-order valence-electron chi connectivity index (χ0n) is 8.11. The van der Waals surface area contributed by atoms with Crippen LogP contribution in [-0.4, -0.2) is 20.7 Å². The minimum absolute atomic E-state index is 0.0864. The van der Waals surface area contributed by atoms with Gasteiger partial charge in [0.15, 0.2) is 5.82 Å². The maximum atomic E-state index is 10.6. The van der Waals surface area contributed by atoms with Crippen molar-refractivity contribution in [3.8, 4) is 0 Å². The predicted molar refractivity (Wildman–Crippen MR) is 47.9 cm³/mol. The van der Waals surface area contributed by atoms with Crippen molar-refractivity contribution in [1.82, 2.24) is 14.8 Å². The van der Waals surface area contributed by atoms with Gasteiger partial charge in [-0.3, -0.25) is 4.79 Å². The van der Waals surface area contributed by atoms with Crippen LogP contribution in [0.4, 0.5) is 0 Å². The summed E-state index contributed by atoms with van der Waals surface area (Å²) in [5.74, 6) is 0.305. The molecule has 5 heteroatoms. The number of carbonyl (C=O) groups is 1. The zero-order valence-corrected chi connectivity index (χ0v) is 8.11.